The van der Waals surface area contributed by atoms with E-state index in [0.717, 1.165) is 0 Å². The Kier molecular flexibility index (Phi) is 2.74. The van der Waals surface area contributed by atoms with E-state index in [9.17, 15) is 4.39 Å². The summed E-state index contributed by atoms with van der Waals surface area (Å²) in [7, 11) is 1.66. The summed E-state index contributed by atoms with van der Waals surface area (Å²) in [6.45, 7) is 1.70. The minimum Gasteiger partial charge on any atom is -0.230 e. The van der Waals surface area contributed by atoms with Crippen LogP contribution in [0.3, 0.4) is 0 Å². The fourth-order valence-electron chi connectivity index (χ4n) is 1.82. The molecule has 0 aliphatic heterocycles. The predicted octanol–water partition coefficient (Wildman–Crippen LogP) is 2.03. The van der Waals surface area contributed by atoms with Gasteiger partial charge in [0, 0.05) is 9.86 Å². The van der Waals surface area contributed by atoms with Crippen molar-refractivity contribution in [1.82, 2.24) is 30.2 Å². The summed E-state index contributed by atoms with van der Waals surface area (Å²) in [6.07, 6.45) is 0. The SMILES string of the molecule is Cc1nc(-c2nnn(C)n2)c2cc(Br)cc(F)c2n1. The second-order valence-corrected chi connectivity index (χ2v) is 4.92. The number of halogens is 2. The third-order valence-electron chi connectivity index (χ3n) is 2.55. The number of fused-ring (bicyclic) bond motifs is 1. The Morgan fingerprint density at radius 3 is 2.74 bits per heavy atom. The summed E-state index contributed by atoms with van der Waals surface area (Å²) in [4.78, 5) is 9.74. The molecule has 0 radical (unpaired) electrons. The highest BCUT2D eigenvalue weighted by atomic mass is 79.9. The van der Waals surface area contributed by atoms with Crippen molar-refractivity contribution in [3.8, 4) is 11.5 Å². The molecule has 0 saturated heterocycles. The van der Waals surface area contributed by atoms with Crippen LogP contribution in [0.15, 0.2) is 16.6 Å². The Morgan fingerprint density at radius 1 is 1.26 bits per heavy atom. The van der Waals surface area contributed by atoms with Gasteiger partial charge in [-0.15, -0.1) is 10.2 Å². The average molecular weight is 323 g/mol. The number of aryl methyl sites for hydroxylation is 2. The third-order valence-corrected chi connectivity index (χ3v) is 3.01. The quantitative estimate of drug-likeness (QED) is 0.685. The van der Waals surface area contributed by atoms with Crippen LogP contribution in [0.1, 0.15) is 5.82 Å². The number of rotatable bonds is 1. The molecule has 3 rings (SSSR count). The summed E-state index contributed by atoms with van der Waals surface area (Å²) in [5.74, 6) is 0.381. The van der Waals surface area contributed by atoms with Gasteiger partial charge in [-0.25, -0.2) is 14.4 Å². The van der Waals surface area contributed by atoms with Gasteiger partial charge in [-0.2, -0.15) is 4.80 Å². The maximum atomic E-state index is 13.9. The Labute approximate surface area is 115 Å². The Bertz CT molecular complexity index is 784. The van der Waals surface area contributed by atoms with Crippen molar-refractivity contribution in [3.63, 3.8) is 0 Å². The molecule has 96 valence electrons. The molecule has 0 aliphatic rings. The molecule has 0 N–H and O–H groups in total. The summed E-state index contributed by atoms with van der Waals surface area (Å²) in [6, 6.07) is 3.10. The van der Waals surface area contributed by atoms with Crippen molar-refractivity contribution in [2.45, 2.75) is 6.92 Å². The molecule has 0 unspecified atom stereocenters. The molecular weight excluding hydrogens is 315 g/mol. The monoisotopic (exact) mass is 322 g/mol. The molecule has 0 aliphatic carbocycles. The summed E-state index contributed by atoms with van der Waals surface area (Å²) in [5.41, 5.74) is 0.717. The molecule has 6 nitrogen and oxygen atoms in total. The Balaban J connectivity index is 2.40. The molecule has 0 saturated carbocycles. The second-order valence-electron chi connectivity index (χ2n) is 4.01. The zero-order valence-corrected chi connectivity index (χ0v) is 11.7. The fourth-order valence-corrected chi connectivity index (χ4v) is 2.25. The number of benzene rings is 1. The lowest BCUT2D eigenvalue weighted by atomic mass is 10.1. The molecular formula is C11H8BrFN6. The predicted molar refractivity (Wildman–Crippen MR) is 69.7 cm³/mol. The summed E-state index contributed by atoms with van der Waals surface area (Å²) in [5, 5.41) is 12.3. The van der Waals surface area contributed by atoms with E-state index in [1.807, 2.05) is 0 Å². The van der Waals surface area contributed by atoms with Gasteiger partial charge in [0.15, 0.2) is 5.82 Å². The maximum Gasteiger partial charge on any atom is 0.223 e. The molecule has 1 aromatic carbocycles. The van der Waals surface area contributed by atoms with Crippen LogP contribution in [0.5, 0.6) is 0 Å². The summed E-state index contributed by atoms with van der Waals surface area (Å²) >= 11 is 3.26. The number of nitrogens with zero attached hydrogens (tertiary/aromatic N) is 6. The molecule has 19 heavy (non-hydrogen) atoms. The van der Waals surface area contributed by atoms with Crippen molar-refractivity contribution in [2.75, 3.05) is 0 Å². The molecule has 0 atom stereocenters. The van der Waals surface area contributed by atoms with Crippen molar-refractivity contribution < 1.29 is 4.39 Å². The minimum absolute atomic E-state index is 0.248. The normalized spacial score (nSPS) is 11.2. The van der Waals surface area contributed by atoms with Crippen LogP contribution in [-0.4, -0.2) is 30.2 Å². The highest BCUT2D eigenvalue weighted by molar-refractivity contribution is 9.10. The number of hydrogen-bond acceptors (Lipinski definition) is 5. The molecule has 3 aromatic rings. The van der Waals surface area contributed by atoms with Crippen LogP contribution in [0.2, 0.25) is 0 Å². The zero-order chi connectivity index (χ0) is 13.6. The van der Waals surface area contributed by atoms with Gasteiger partial charge in [-0.3, -0.25) is 0 Å². The Morgan fingerprint density at radius 2 is 2.05 bits per heavy atom. The molecule has 0 spiro atoms. The van der Waals surface area contributed by atoms with Gasteiger partial charge in [0.2, 0.25) is 5.82 Å². The third kappa shape index (κ3) is 2.07. The lowest BCUT2D eigenvalue weighted by Crippen LogP contribution is -1.98. The van der Waals surface area contributed by atoms with Gasteiger partial charge in [0.05, 0.1) is 7.05 Å². The van der Waals surface area contributed by atoms with Crippen LogP contribution < -0.4 is 0 Å². The van der Waals surface area contributed by atoms with Crippen LogP contribution in [0.25, 0.3) is 22.4 Å². The zero-order valence-electron chi connectivity index (χ0n) is 10.1. The van der Waals surface area contributed by atoms with E-state index in [-0.39, 0.29) is 5.52 Å². The van der Waals surface area contributed by atoms with Gasteiger partial charge >= 0.3 is 0 Å². The smallest absolute Gasteiger partial charge is 0.223 e. The van der Waals surface area contributed by atoms with Gasteiger partial charge in [0.25, 0.3) is 0 Å². The van der Waals surface area contributed by atoms with Crippen molar-refractivity contribution >= 4 is 26.8 Å². The maximum absolute atomic E-state index is 13.9. The average Bonchev–Trinajstić information content (AvgIpc) is 2.76. The van der Waals surface area contributed by atoms with E-state index in [2.05, 4.69) is 41.3 Å². The first-order valence-electron chi connectivity index (χ1n) is 5.42. The van der Waals surface area contributed by atoms with Crippen molar-refractivity contribution in [1.29, 1.82) is 0 Å². The first-order valence-corrected chi connectivity index (χ1v) is 6.21. The van der Waals surface area contributed by atoms with E-state index in [1.54, 1.807) is 20.0 Å². The molecule has 0 amide bonds. The van der Waals surface area contributed by atoms with Crippen molar-refractivity contribution in [3.05, 3.63) is 28.2 Å². The molecule has 2 aromatic heterocycles. The largest absolute Gasteiger partial charge is 0.230 e. The van der Waals surface area contributed by atoms with Gasteiger partial charge in [-0.1, -0.05) is 15.9 Å². The summed E-state index contributed by atoms with van der Waals surface area (Å²) < 4.78 is 14.6. The number of tetrazole rings is 1. The van der Waals surface area contributed by atoms with E-state index in [0.29, 0.717) is 27.2 Å². The van der Waals surface area contributed by atoms with E-state index >= 15 is 0 Å². The topological polar surface area (TPSA) is 69.4 Å². The van der Waals surface area contributed by atoms with Crippen LogP contribution >= 0.6 is 15.9 Å². The van der Waals surface area contributed by atoms with Crippen LogP contribution in [0.4, 0.5) is 4.39 Å². The highest BCUT2D eigenvalue weighted by Crippen LogP contribution is 2.28. The van der Waals surface area contributed by atoms with Gasteiger partial charge < -0.3 is 0 Å². The first kappa shape index (κ1) is 12.1. The van der Waals surface area contributed by atoms with Gasteiger partial charge in [0.1, 0.15) is 17.0 Å². The van der Waals surface area contributed by atoms with E-state index in [1.165, 1.54) is 10.9 Å². The molecule has 0 fully saturated rings. The number of aromatic nitrogens is 6. The molecule has 8 heteroatoms. The van der Waals surface area contributed by atoms with Crippen LogP contribution in [0, 0.1) is 12.7 Å². The molecule has 0 bridgehead atoms. The highest BCUT2D eigenvalue weighted by Gasteiger charge is 2.16. The first-order chi connectivity index (χ1) is 9.04. The Hall–Kier alpha value is -1.96. The second kappa shape index (κ2) is 4.30. The van der Waals surface area contributed by atoms with Crippen molar-refractivity contribution in [2.24, 2.45) is 7.05 Å². The van der Waals surface area contributed by atoms with E-state index < -0.39 is 5.82 Å². The standard InChI is InChI=1S/C11H8BrFN6/c1-5-14-9-7(3-6(12)4-8(9)13)10(15-5)11-16-18-19(2)17-11/h3-4H,1-2H3. The van der Waals surface area contributed by atoms with Gasteiger partial charge in [-0.05, 0) is 24.3 Å². The minimum atomic E-state index is -0.417. The lowest BCUT2D eigenvalue weighted by Gasteiger charge is -2.05. The van der Waals surface area contributed by atoms with E-state index in [4.69, 9.17) is 0 Å². The molecule has 2 heterocycles. The fraction of sp³-hybridized carbons (Fsp3) is 0.182. The lowest BCUT2D eigenvalue weighted by molar-refractivity contribution is 0.630. The number of hydrogen-bond donors (Lipinski definition) is 0. The van der Waals surface area contributed by atoms with Crippen LogP contribution in [-0.2, 0) is 7.05 Å².